The van der Waals surface area contributed by atoms with E-state index in [2.05, 4.69) is 25.4 Å². The topological polar surface area (TPSA) is 83.9 Å². The largest absolute Gasteiger partial charge is 0.441 e. The lowest BCUT2D eigenvalue weighted by atomic mass is 9.85. The van der Waals surface area contributed by atoms with Gasteiger partial charge in [-0.1, -0.05) is 0 Å². The molecule has 1 aliphatic heterocycles. The number of nitrogens with one attached hydrogen (secondary N) is 1. The number of fused-ring (bicyclic) bond motifs is 1. The van der Waals surface area contributed by atoms with Crippen LogP contribution in [0.4, 0.5) is 10.2 Å². The number of halogens is 1. The van der Waals surface area contributed by atoms with Gasteiger partial charge in [0.15, 0.2) is 17.5 Å². The SMILES string of the molecule is Cc1ncc(-c2ccc3nnc(NC(=O)[C@H]4CC[C@H](N5CC5CF)CC4)cc3c2)o1. The number of amides is 1. The summed E-state index contributed by atoms with van der Waals surface area (Å²) in [5, 5.41) is 12.2. The van der Waals surface area contributed by atoms with Gasteiger partial charge < -0.3 is 9.73 Å². The number of hydrogen-bond acceptors (Lipinski definition) is 6. The molecule has 3 aromatic rings. The van der Waals surface area contributed by atoms with Crippen LogP contribution in [0.15, 0.2) is 34.9 Å². The summed E-state index contributed by atoms with van der Waals surface area (Å²) in [6.45, 7) is 2.40. The molecule has 2 unspecified atom stereocenters. The van der Waals surface area contributed by atoms with E-state index in [9.17, 15) is 9.18 Å². The van der Waals surface area contributed by atoms with Crippen molar-refractivity contribution in [1.29, 1.82) is 0 Å². The molecule has 1 saturated carbocycles. The Kier molecular flexibility index (Phi) is 4.94. The van der Waals surface area contributed by atoms with Gasteiger partial charge in [-0.2, -0.15) is 0 Å². The molecule has 1 aromatic carbocycles. The van der Waals surface area contributed by atoms with Crippen LogP contribution in [0.3, 0.4) is 0 Å². The molecule has 0 spiro atoms. The van der Waals surface area contributed by atoms with Crippen LogP contribution in [0.5, 0.6) is 0 Å². The highest BCUT2D eigenvalue weighted by Crippen LogP contribution is 2.34. The predicted octanol–water partition coefficient (Wildman–Crippen LogP) is 3.74. The third-order valence-corrected chi connectivity index (χ3v) is 6.21. The summed E-state index contributed by atoms with van der Waals surface area (Å²) in [4.78, 5) is 19.1. The maximum atomic E-state index is 12.7. The fourth-order valence-corrected chi connectivity index (χ4v) is 4.43. The average Bonchev–Trinajstić information content (AvgIpc) is 3.44. The van der Waals surface area contributed by atoms with Crippen LogP contribution in [-0.2, 0) is 4.79 Å². The number of benzene rings is 1. The first kappa shape index (κ1) is 19.1. The summed E-state index contributed by atoms with van der Waals surface area (Å²) < 4.78 is 18.3. The van der Waals surface area contributed by atoms with Crippen molar-refractivity contribution in [2.45, 2.75) is 44.7 Å². The molecule has 2 atom stereocenters. The van der Waals surface area contributed by atoms with Crippen LogP contribution in [0.1, 0.15) is 31.6 Å². The highest BCUT2D eigenvalue weighted by molar-refractivity contribution is 5.94. The molecule has 30 heavy (non-hydrogen) atoms. The highest BCUT2D eigenvalue weighted by atomic mass is 19.1. The van der Waals surface area contributed by atoms with Crippen LogP contribution >= 0.6 is 0 Å². The van der Waals surface area contributed by atoms with E-state index in [-0.39, 0.29) is 24.5 Å². The number of rotatable bonds is 5. The summed E-state index contributed by atoms with van der Waals surface area (Å²) >= 11 is 0. The van der Waals surface area contributed by atoms with E-state index < -0.39 is 0 Å². The Morgan fingerprint density at radius 1 is 1.23 bits per heavy atom. The number of anilines is 1. The molecule has 156 valence electrons. The van der Waals surface area contributed by atoms with Crippen LogP contribution in [0, 0.1) is 12.8 Å². The van der Waals surface area contributed by atoms with Crippen LogP contribution < -0.4 is 5.32 Å². The van der Waals surface area contributed by atoms with Gasteiger partial charge in [0.25, 0.3) is 0 Å². The Morgan fingerprint density at radius 3 is 2.77 bits per heavy atom. The molecule has 1 amide bonds. The maximum absolute atomic E-state index is 12.7. The minimum atomic E-state index is -0.265. The number of carbonyl (C=O) groups is 1. The molecule has 8 heteroatoms. The Hall–Kier alpha value is -2.87. The first-order valence-electron chi connectivity index (χ1n) is 10.4. The summed E-state index contributed by atoms with van der Waals surface area (Å²) in [6.07, 6.45) is 5.22. The summed E-state index contributed by atoms with van der Waals surface area (Å²) in [7, 11) is 0. The third kappa shape index (κ3) is 3.79. The zero-order valence-electron chi connectivity index (χ0n) is 16.8. The first-order valence-corrected chi connectivity index (χ1v) is 10.4. The van der Waals surface area contributed by atoms with Gasteiger partial charge in [0, 0.05) is 36.4 Å². The zero-order valence-corrected chi connectivity index (χ0v) is 16.8. The van der Waals surface area contributed by atoms with Crippen molar-refractivity contribution in [2.75, 3.05) is 18.5 Å². The van der Waals surface area contributed by atoms with Gasteiger partial charge in [-0.25, -0.2) is 9.37 Å². The highest BCUT2D eigenvalue weighted by Gasteiger charge is 2.41. The molecule has 1 aliphatic carbocycles. The van der Waals surface area contributed by atoms with Crippen molar-refractivity contribution in [3.05, 3.63) is 36.4 Å². The first-order chi connectivity index (χ1) is 14.6. The molecule has 0 radical (unpaired) electrons. The molecule has 1 saturated heterocycles. The van der Waals surface area contributed by atoms with E-state index in [1.54, 1.807) is 13.1 Å². The van der Waals surface area contributed by atoms with E-state index in [4.69, 9.17) is 4.42 Å². The van der Waals surface area contributed by atoms with Crippen molar-refractivity contribution in [1.82, 2.24) is 20.1 Å². The normalized spacial score (nSPS) is 25.9. The second kappa shape index (κ2) is 7.75. The quantitative estimate of drug-likeness (QED) is 0.646. The van der Waals surface area contributed by atoms with Gasteiger partial charge in [0.05, 0.1) is 17.8 Å². The predicted molar refractivity (Wildman–Crippen MR) is 111 cm³/mol. The minimum Gasteiger partial charge on any atom is -0.441 e. The number of nitrogens with zero attached hydrogens (tertiary/aromatic N) is 4. The molecular weight excluding hydrogens is 385 g/mol. The van der Waals surface area contributed by atoms with Crippen molar-refractivity contribution >= 4 is 22.6 Å². The second-order valence-corrected chi connectivity index (χ2v) is 8.25. The Balaban J connectivity index is 1.25. The maximum Gasteiger partial charge on any atom is 0.228 e. The Morgan fingerprint density at radius 2 is 2.07 bits per heavy atom. The minimum absolute atomic E-state index is 0.0167. The van der Waals surface area contributed by atoms with Gasteiger partial charge in [-0.15, -0.1) is 10.2 Å². The lowest BCUT2D eigenvalue weighted by molar-refractivity contribution is -0.121. The van der Waals surface area contributed by atoms with Crippen molar-refractivity contribution in [3.63, 3.8) is 0 Å². The van der Waals surface area contributed by atoms with Crippen molar-refractivity contribution < 1.29 is 13.6 Å². The Labute approximate surface area is 173 Å². The summed E-state index contributed by atoms with van der Waals surface area (Å²) in [5.41, 5.74) is 1.64. The molecule has 2 fully saturated rings. The summed E-state index contributed by atoms with van der Waals surface area (Å²) in [6, 6.07) is 8.11. The molecular formula is C22H24FN5O2. The molecule has 2 aliphatic rings. The lowest BCUT2D eigenvalue weighted by Gasteiger charge is -2.28. The molecule has 2 aromatic heterocycles. The molecule has 3 heterocycles. The number of aromatic nitrogens is 3. The van der Waals surface area contributed by atoms with E-state index >= 15 is 0 Å². The number of hydrogen-bond donors (Lipinski definition) is 1. The van der Waals surface area contributed by atoms with E-state index in [1.807, 2.05) is 24.3 Å². The molecule has 5 rings (SSSR count). The standard InChI is InChI=1S/C22H24FN5O2/c1-13-24-11-20(30-13)15-4-7-19-16(8-15)9-21(27-26-19)25-22(29)14-2-5-17(6-3-14)28-12-18(28)10-23/h4,7-9,11,14,17-18H,2-3,5-6,10,12H2,1H3,(H,25,27,29)/t14-,17-,18?,28?. The van der Waals surface area contributed by atoms with Crippen LogP contribution in [0.2, 0.25) is 0 Å². The van der Waals surface area contributed by atoms with Gasteiger partial charge in [0.2, 0.25) is 5.91 Å². The number of aryl methyl sites for hydroxylation is 1. The molecule has 7 nitrogen and oxygen atoms in total. The number of oxazole rings is 1. The van der Waals surface area contributed by atoms with Crippen molar-refractivity contribution in [3.8, 4) is 11.3 Å². The van der Waals surface area contributed by atoms with Crippen LogP contribution in [0.25, 0.3) is 22.2 Å². The van der Waals surface area contributed by atoms with Gasteiger partial charge >= 0.3 is 0 Å². The third-order valence-electron chi connectivity index (χ3n) is 6.21. The van der Waals surface area contributed by atoms with Gasteiger partial charge in [-0.05, 0) is 49.9 Å². The van der Waals surface area contributed by atoms with Gasteiger partial charge in [-0.3, -0.25) is 9.69 Å². The monoisotopic (exact) mass is 409 g/mol. The van der Waals surface area contributed by atoms with E-state index in [0.717, 1.165) is 48.7 Å². The number of alkyl halides is 1. The van der Waals surface area contributed by atoms with E-state index in [0.29, 0.717) is 23.5 Å². The molecule has 0 bridgehead atoms. The fourth-order valence-electron chi connectivity index (χ4n) is 4.43. The lowest BCUT2D eigenvalue weighted by Crippen LogP contribution is -2.33. The van der Waals surface area contributed by atoms with Crippen LogP contribution in [-0.4, -0.2) is 51.3 Å². The number of carbonyl (C=O) groups excluding carboxylic acids is 1. The second-order valence-electron chi connectivity index (χ2n) is 8.25. The molecule has 1 N–H and O–H groups in total. The van der Waals surface area contributed by atoms with E-state index in [1.165, 1.54) is 0 Å². The smallest absolute Gasteiger partial charge is 0.228 e. The zero-order chi connectivity index (χ0) is 20.7. The Bertz CT molecular complexity index is 1080. The van der Waals surface area contributed by atoms with Crippen molar-refractivity contribution in [2.24, 2.45) is 5.92 Å². The van der Waals surface area contributed by atoms with Gasteiger partial charge in [0.1, 0.15) is 6.67 Å². The average molecular weight is 409 g/mol. The summed E-state index contributed by atoms with van der Waals surface area (Å²) in [5.74, 6) is 1.70. The fraction of sp³-hybridized carbons (Fsp3) is 0.455.